The first kappa shape index (κ1) is 26.8. The Morgan fingerprint density at radius 3 is 2.58 bits per heavy atom. The van der Waals surface area contributed by atoms with Crippen molar-refractivity contribution in [1.82, 2.24) is 5.32 Å². The highest BCUT2D eigenvalue weighted by Crippen LogP contribution is 2.45. The lowest BCUT2D eigenvalue weighted by Crippen LogP contribution is -2.22. The van der Waals surface area contributed by atoms with Gasteiger partial charge < -0.3 is 5.32 Å². The fourth-order valence-corrected chi connectivity index (χ4v) is 6.61. The monoisotopic (exact) mass is 556 g/mol. The molecule has 0 aliphatic heterocycles. The number of nitrogens with one attached hydrogen (secondary N) is 1. The number of unbranched alkanes of at least 4 members (excludes halogenated alkanes) is 1. The van der Waals surface area contributed by atoms with Gasteiger partial charge in [0, 0.05) is 20.5 Å². The molecule has 1 saturated carbocycles. The van der Waals surface area contributed by atoms with E-state index in [-0.39, 0.29) is 17.8 Å². The first-order chi connectivity index (χ1) is 16.0. The maximum absolute atomic E-state index is 13.4. The van der Waals surface area contributed by atoms with Gasteiger partial charge in [-0.2, -0.15) is 0 Å². The Balaban J connectivity index is 1.38. The molecule has 1 fully saturated rings. The van der Waals surface area contributed by atoms with E-state index in [1.165, 1.54) is 61.0 Å². The van der Waals surface area contributed by atoms with Crippen molar-refractivity contribution in [2.75, 3.05) is 18.9 Å². The third-order valence-electron chi connectivity index (χ3n) is 6.35. The van der Waals surface area contributed by atoms with E-state index in [9.17, 15) is 8.96 Å². The second-order valence-corrected chi connectivity index (χ2v) is 11.4. The van der Waals surface area contributed by atoms with E-state index in [4.69, 9.17) is 4.89 Å². The van der Waals surface area contributed by atoms with Gasteiger partial charge in [-0.25, -0.2) is 4.39 Å². The third-order valence-corrected chi connectivity index (χ3v) is 8.83. The lowest BCUT2D eigenvalue weighted by atomic mass is 9.75. The normalized spacial score (nSPS) is 15.7. The summed E-state index contributed by atoms with van der Waals surface area (Å²) >= 11 is 5.59. The molecule has 8 heteroatoms. The maximum atomic E-state index is 13.4. The Hall–Kier alpha value is -0.820. The molecule has 2 aromatic carbocycles. The molecule has 3 rings (SSSR count). The van der Waals surface area contributed by atoms with Crippen LogP contribution in [-0.2, 0) is 21.0 Å². The number of thioether (sulfide) groups is 1. The van der Waals surface area contributed by atoms with E-state index >= 15 is 0 Å². The molecular formula is C25H33BrFNO3PS+. The highest BCUT2D eigenvalue weighted by Gasteiger charge is 2.34. The molecule has 33 heavy (non-hydrogen) atoms. The summed E-state index contributed by atoms with van der Waals surface area (Å²) in [6, 6.07) is 13.7. The van der Waals surface area contributed by atoms with E-state index in [0.717, 1.165) is 23.3 Å². The van der Waals surface area contributed by atoms with Crippen LogP contribution in [0, 0.1) is 5.82 Å². The highest BCUT2D eigenvalue weighted by atomic mass is 79.9. The van der Waals surface area contributed by atoms with Crippen LogP contribution in [0.3, 0.4) is 0 Å². The average molecular weight is 557 g/mol. The molecule has 1 aliphatic carbocycles. The van der Waals surface area contributed by atoms with Crippen LogP contribution in [0.1, 0.15) is 62.5 Å². The van der Waals surface area contributed by atoms with Gasteiger partial charge in [0.2, 0.25) is 0 Å². The van der Waals surface area contributed by atoms with Crippen LogP contribution in [-0.4, -0.2) is 23.8 Å². The molecule has 0 spiro atoms. The minimum absolute atomic E-state index is 0.150. The van der Waals surface area contributed by atoms with Gasteiger partial charge in [-0.1, -0.05) is 37.5 Å². The van der Waals surface area contributed by atoms with Gasteiger partial charge in [0.25, 0.3) is 0 Å². The van der Waals surface area contributed by atoms with E-state index in [1.54, 1.807) is 12.1 Å². The predicted octanol–water partition coefficient (Wildman–Crippen LogP) is 7.51. The topological polar surface area (TPSA) is 58.6 Å². The van der Waals surface area contributed by atoms with Crippen molar-refractivity contribution in [1.29, 1.82) is 0 Å². The van der Waals surface area contributed by atoms with Crippen LogP contribution >= 0.6 is 35.9 Å². The fraction of sp³-hybridized carbons (Fsp3) is 0.520. The smallest absolute Gasteiger partial charge is 0.313 e. The van der Waals surface area contributed by atoms with Crippen LogP contribution in [0.25, 0.3) is 0 Å². The molecule has 180 valence electrons. The molecular weight excluding hydrogens is 524 g/mol. The molecule has 1 atom stereocenters. The van der Waals surface area contributed by atoms with Gasteiger partial charge in [-0.3, -0.25) is 0 Å². The summed E-state index contributed by atoms with van der Waals surface area (Å²) < 4.78 is 29.6. The van der Waals surface area contributed by atoms with Crippen molar-refractivity contribution in [3.05, 3.63) is 63.9 Å². The molecule has 0 bridgehead atoms. The summed E-state index contributed by atoms with van der Waals surface area (Å²) in [6.07, 6.45) is 9.24. The minimum Gasteiger partial charge on any atom is -0.313 e. The third kappa shape index (κ3) is 8.72. The van der Waals surface area contributed by atoms with Crippen LogP contribution in [0.5, 0.6) is 0 Å². The van der Waals surface area contributed by atoms with E-state index in [0.29, 0.717) is 6.42 Å². The molecule has 0 heterocycles. The summed E-state index contributed by atoms with van der Waals surface area (Å²) in [5, 5.41) is 3.32. The first-order valence-electron chi connectivity index (χ1n) is 11.7. The van der Waals surface area contributed by atoms with Gasteiger partial charge in [0.1, 0.15) is 12.4 Å². The molecule has 0 radical (unpaired) electrons. The number of halogens is 2. The fourth-order valence-electron chi connectivity index (χ4n) is 4.63. The summed E-state index contributed by atoms with van der Waals surface area (Å²) in [6.45, 7) is 1.76. The van der Waals surface area contributed by atoms with Crippen molar-refractivity contribution in [3.8, 4) is 0 Å². The molecule has 0 amide bonds. The Morgan fingerprint density at radius 1 is 1.12 bits per heavy atom. The van der Waals surface area contributed by atoms with Crippen molar-refractivity contribution in [3.63, 3.8) is 0 Å². The molecule has 1 aliphatic rings. The number of benzene rings is 2. The van der Waals surface area contributed by atoms with Gasteiger partial charge in [0.15, 0.2) is 0 Å². The predicted molar refractivity (Wildman–Crippen MR) is 137 cm³/mol. The lowest BCUT2D eigenvalue weighted by Gasteiger charge is -2.30. The number of hydrogen-bond acceptors (Lipinski definition) is 4. The van der Waals surface area contributed by atoms with Crippen LogP contribution < -0.4 is 5.32 Å². The maximum Gasteiger partial charge on any atom is 0.694 e. The quantitative estimate of drug-likeness (QED) is 0.143. The second-order valence-electron chi connectivity index (χ2n) is 8.67. The van der Waals surface area contributed by atoms with Crippen molar-refractivity contribution in [2.45, 2.75) is 68.2 Å². The summed E-state index contributed by atoms with van der Waals surface area (Å²) in [4.78, 5) is 9.86. The van der Waals surface area contributed by atoms with E-state index < -0.39 is 8.25 Å². The average Bonchev–Trinajstić information content (AvgIpc) is 3.27. The van der Waals surface area contributed by atoms with Crippen LogP contribution in [0.15, 0.2) is 51.8 Å². The largest absolute Gasteiger partial charge is 0.694 e. The van der Waals surface area contributed by atoms with Gasteiger partial charge in [-0.05, 0) is 101 Å². The van der Waals surface area contributed by atoms with Crippen molar-refractivity contribution < 1.29 is 18.4 Å². The number of hydrogen-bond donors (Lipinski definition) is 2. The van der Waals surface area contributed by atoms with Crippen molar-refractivity contribution in [2.24, 2.45) is 0 Å². The highest BCUT2D eigenvalue weighted by molar-refractivity contribution is 9.10. The van der Waals surface area contributed by atoms with Crippen LogP contribution in [0.4, 0.5) is 4.39 Å². The first-order valence-corrected chi connectivity index (χ1v) is 14.6. The van der Waals surface area contributed by atoms with Crippen LogP contribution in [0.2, 0.25) is 0 Å². The van der Waals surface area contributed by atoms with Crippen molar-refractivity contribution >= 4 is 35.9 Å². The Morgan fingerprint density at radius 2 is 1.88 bits per heavy atom. The molecule has 2 aromatic rings. The lowest BCUT2D eigenvalue weighted by molar-refractivity contribution is 0.276. The zero-order valence-corrected chi connectivity index (χ0v) is 22.2. The SMILES string of the molecule is O=[P+](O)OCCCNCc1ccc(SCCCCC2(c3ccc(F)cc3)CCCC2)c(Br)c1. The van der Waals surface area contributed by atoms with E-state index in [2.05, 4.69) is 44.0 Å². The molecule has 0 saturated heterocycles. The van der Waals surface area contributed by atoms with E-state index in [1.807, 2.05) is 23.9 Å². The minimum atomic E-state index is -2.50. The molecule has 4 nitrogen and oxygen atoms in total. The summed E-state index contributed by atoms with van der Waals surface area (Å²) in [5.74, 6) is 0.936. The Labute approximate surface area is 210 Å². The number of rotatable bonds is 14. The Kier molecular flexibility index (Phi) is 11.3. The zero-order chi connectivity index (χ0) is 23.5. The summed E-state index contributed by atoms with van der Waals surface area (Å²) in [5.41, 5.74) is 2.76. The van der Waals surface area contributed by atoms with Gasteiger partial charge in [-0.15, -0.1) is 21.2 Å². The molecule has 1 unspecified atom stereocenters. The summed E-state index contributed by atoms with van der Waals surface area (Å²) in [7, 11) is -2.50. The molecule has 0 aromatic heterocycles. The zero-order valence-electron chi connectivity index (χ0n) is 18.9. The second kappa shape index (κ2) is 13.9. The van der Waals surface area contributed by atoms with Gasteiger partial charge in [0.05, 0.1) is 0 Å². The molecule has 2 N–H and O–H groups in total. The van der Waals surface area contributed by atoms with Gasteiger partial charge >= 0.3 is 8.25 Å². The Bertz CT molecular complexity index is 894. The standard InChI is InChI=1S/C25H32BrFNO3PS/c26-23-18-20(19-28-15-5-16-31-32(29)30)6-11-24(23)33-17-4-3-14-25(12-1-2-13-25)21-7-9-22(27)10-8-21/h6-11,18,28H,1-5,12-17,19H2/p+1.